The van der Waals surface area contributed by atoms with Gasteiger partial charge in [0.1, 0.15) is 0 Å². The Kier molecular flexibility index (Phi) is 3.40. The molecule has 3 nitrogen and oxygen atoms in total. The second kappa shape index (κ2) is 4.56. The van der Waals surface area contributed by atoms with Gasteiger partial charge in [0.2, 0.25) is 0 Å². The molecular formula is C11H15N3. The molecule has 0 aliphatic rings. The molecule has 1 aromatic rings. The van der Waals surface area contributed by atoms with Crippen LogP contribution < -0.4 is 5.73 Å². The maximum atomic E-state index is 5.74. The quantitative estimate of drug-likeness (QED) is 0.432. The van der Waals surface area contributed by atoms with Crippen LogP contribution in [0.4, 0.5) is 0 Å². The summed E-state index contributed by atoms with van der Waals surface area (Å²) in [7, 11) is 0. The van der Waals surface area contributed by atoms with Crippen LogP contribution in [0.1, 0.15) is 25.0 Å². The first-order valence-electron chi connectivity index (χ1n) is 4.51. The summed E-state index contributed by atoms with van der Waals surface area (Å²) in [5.41, 5.74) is 8.73. The lowest BCUT2D eigenvalue weighted by Crippen LogP contribution is -2.12. The molecule has 74 valence electrons. The fourth-order valence-corrected chi connectivity index (χ4v) is 0.936. The van der Waals surface area contributed by atoms with Crippen LogP contribution in [0.3, 0.4) is 0 Å². The smallest absolute Gasteiger partial charge is 0.153 e. The Hall–Kier alpha value is -1.64. The summed E-state index contributed by atoms with van der Waals surface area (Å²) >= 11 is 0. The van der Waals surface area contributed by atoms with Gasteiger partial charge in [-0.1, -0.05) is 29.8 Å². The van der Waals surface area contributed by atoms with Crippen molar-refractivity contribution in [2.24, 2.45) is 15.9 Å². The van der Waals surface area contributed by atoms with Crippen molar-refractivity contribution in [2.75, 3.05) is 0 Å². The number of hydrogen-bond donors (Lipinski definition) is 1. The summed E-state index contributed by atoms with van der Waals surface area (Å²) in [6, 6.07) is 7.88. The number of aryl methyl sites for hydroxylation is 1. The van der Waals surface area contributed by atoms with Gasteiger partial charge in [-0.25, -0.2) is 0 Å². The summed E-state index contributed by atoms with van der Waals surface area (Å²) < 4.78 is 0. The third-order valence-corrected chi connectivity index (χ3v) is 1.71. The van der Waals surface area contributed by atoms with Gasteiger partial charge >= 0.3 is 0 Å². The van der Waals surface area contributed by atoms with E-state index in [0.29, 0.717) is 5.84 Å². The van der Waals surface area contributed by atoms with E-state index in [4.69, 9.17) is 5.73 Å². The first-order valence-corrected chi connectivity index (χ1v) is 4.51. The molecule has 0 aliphatic heterocycles. The van der Waals surface area contributed by atoms with E-state index in [1.807, 2.05) is 45.0 Å². The number of benzene rings is 1. The average Bonchev–Trinajstić information content (AvgIpc) is 2.15. The number of nitrogens with two attached hydrogens (primary N) is 1. The van der Waals surface area contributed by atoms with E-state index in [0.717, 1.165) is 11.3 Å². The van der Waals surface area contributed by atoms with Gasteiger partial charge in [0.15, 0.2) is 5.84 Å². The van der Waals surface area contributed by atoms with Crippen molar-refractivity contribution < 1.29 is 0 Å². The lowest BCUT2D eigenvalue weighted by atomic mass is 10.1. The van der Waals surface area contributed by atoms with Crippen LogP contribution in [0.2, 0.25) is 0 Å². The highest BCUT2D eigenvalue weighted by molar-refractivity contribution is 5.97. The number of amidine groups is 1. The van der Waals surface area contributed by atoms with Crippen LogP contribution in [-0.2, 0) is 0 Å². The van der Waals surface area contributed by atoms with E-state index < -0.39 is 0 Å². The molecule has 0 aliphatic carbocycles. The highest BCUT2D eigenvalue weighted by Gasteiger charge is 1.96. The number of hydrogen-bond acceptors (Lipinski definition) is 2. The van der Waals surface area contributed by atoms with Crippen LogP contribution >= 0.6 is 0 Å². The zero-order chi connectivity index (χ0) is 10.6. The normalized spacial score (nSPS) is 11.2. The fraction of sp³-hybridized carbons (Fsp3) is 0.273. The number of rotatable bonds is 2. The number of nitrogens with zero attached hydrogens (tertiary/aromatic N) is 2. The third-order valence-electron chi connectivity index (χ3n) is 1.71. The van der Waals surface area contributed by atoms with E-state index in [9.17, 15) is 0 Å². The van der Waals surface area contributed by atoms with E-state index in [-0.39, 0.29) is 0 Å². The van der Waals surface area contributed by atoms with Crippen molar-refractivity contribution in [2.45, 2.75) is 20.8 Å². The minimum Gasteiger partial charge on any atom is -0.382 e. The van der Waals surface area contributed by atoms with Gasteiger partial charge < -0.3 is 5.73 Å². The first-order chi connectivity index (χ1) is 6.59. The predicted molar refractivity (Wildman–Crippen MR) is 60.7 cm³/mol. The van der Waals surface area contributed by atoms with Gasteiger partial charge in [-0.15, -0.1) is 5.10 Å². The molecule has 0 bridgehead atoms. The maximum Gasteiger partial charge on any atom is 0.153 e. The summed E-state index contributed by atoms with van der Waals surface area (Å²) in [4.78, 5) is 0. The molecule has 0 atom stereocenters. The van der Waals surface area contributed by atoms with E-state index in [1.54, 1.807) is 0 Å². The van der Waals surface area contributed by atoms with Gasteiger partial charge in [-0.2, -0.15) is 5.10 Å². The SMILES string of the molecule is CC(C)=NN=C(N)c1ccc(C)cc1. The van der Waals surface area contributed by atoms with Crippen molar-refractivity contribution in [3.05, 3.63) is 35.4 Å². The molecule has 0 fully saturated rings. The lowest BCUT2D eigenvalue weighted by Gasteiger charge is -1.98. The van der Waals surface area contributed by atoms with Gasteiger partial charge in [0, 0.05) is 11.3 Å². The summed E-state index contributed by atoms with van der Waals surface area (Å²) in [5, 5.41) is 7.81. The molecule has 0 amide bonds. The van der Waals surface area contributed by atoms with Crippen molar-refractivity contribution in [3.63, 3.8) is 0 Å². The molecule has 1 aromatic carbocycles. The Morgan fingerprint density at radius 3 is 2.14 bits per heavy atom. The zero-order valence-electron chi connectivity index (χ0n) is 8.78. The zero-order valence-corrected chi connectivity index (χ0v) is 8.78. The Morgan fingerprint density at radius 1 is 1.07 bits per heavy atom. The van der Waals surface area contributed by atoms with Gasteiger partial charge in [0.05, 0.1) is 0 Å². The molecule has 1 rings (SSSR count). The first kappa shape index (κ1) is 10.4. The summed E-state index contributed by atoms with van der Waals surface area (Å²) in [6.07, 6.45) is 0. The molecule has 14 heavy (non-hydrogen) atoms. The summed E-state index contributed by atoms with van der Waals surface area (Å²) in [5.74, 6) is 0.450. The predicted octanol–water partition coefficient (Wildman–Crippen LogP) is 2.10. The van der Waals surface area contributed by atoms with Gasteiger partial charge in [-0.3, -0.25) is 0 Å². The molecule has 0 heterocycles. The highest BCUT2D eigenvalue weighted by Crippen LogP contribution is 2.02. The Morgan fingerprint density at radius 2 is 1.64 bits per heavy atom. The molecular weight excluding hydrogens is 174 g/mol. The van der Waals surface area contributed by atoms with E-state index in [2.05, 4.69) is 10.2 Å². The van der Waals surface area contributed by atoms with Crippen molar-refractivity contribution in [1.29, 1.82) is 0 Å². The van der Waals surface area contributed by atoms with Crippen LogP contribution in [0, 0.1) is 6.92 Å². The van der Waals surface area contributed by atoms with Gasteiger partial charge in [0.25, 0.3) is 0 Å². The molecule has 3 heteroatoms. The van der Waals surface area contributed by atoms with Crippen molar-refractivity contribution in [3.8, 4) is 0 Å². The van der Waals surface area contributed by atoms with Crippen LogP contribution in [0.15, 0.2) is 34.5 Å². The monoisotopic (exact) mass is 189 g/mol. The highest BCUT2D eigenvalue weighted by atomic mass is 15.2. The largest absolute Gasteiger partial charge is 0.382 e. The molecule has 0 radical (unpaired) electrons. The topological polar surface area (TPSA) is 50.7 Å². The van der Waals surface area contributed by atoms with Crippen LogP contribution in [-0.4, -0.2) is 11.5 Å². The minimum absolute atomic E-state index is 0.450. The van der Waals surface area contributed by atoms with Crippen LogP contribution in [0.5, 0.6) is 0 Å². The second-order valence-corrected chi connectivity index (χ2v) is 3.40. The standard InChI is InChI=1S/C11H15N3/c1-8(2)13-14-11(12)10-6-4-9(3)5-7-10/h4-7H,1-3H3,(H2,12,14). The second-order valence-electron chi connectivity index (χ2n) is 3.40. The van der Waals surface area contributed by atoms with Crippen molar-refractivity contribution >= 4 is 11.5 Å². The Bertz CT molecular complexity index is 357. The molecule has 0 spiro atoms. The van der Waals surface area contributed by atoms with E-state index >= 15 is 0 Å². The Labute approximate surface area is 84.4 Å². The molecule has 0 aromatic heterocycles. The molecule has 0 saturated carbocycles. The minimum atomic E-state index is 0.450. The molecule has 0 unspecified atom stereocenters. The average molecular weight is 189 g/mol. The lowest BCUT2D eigenvalue weighted by molar-refractivity contribution is 1.20. The Balaban J connectivity index is 2.89. The van der Waals surface area contributed by atoms with Crippen molar-refractivity contribution in [1.82, 2.24) is 0 Å². The van der Waals surface area contributed by atoms with E-state index in [1.165, 1.54) is 5.56 Å². The fourth-order valence-electron chi connectivity index (χ4n) is 0.936. The third kappa shape index (κ3) is 3.01. The molecule has 0 saturated heterocycles. The maximum absolute atomic E-state index is 5.74. The van der Waals surface area contributed by atoms with Crippen LogP contribution in [0.25, 0.3) is 0 Å². The molecule has 2 N–H and O–H groups in total. The summed E-state index contributed by atoms with van der Waals surface area (Å²) in [6.45, 7) is 5.79. The van der Waals surface area contributed by atoms with Gasteiger partial charge in [-0.05, 0) is 20.8 Å².